The second kappa shape index (κ2) is 11.9. The molecular formula is C21H34IN5OS. The van der Waals surface area contributed by atoms with Crippen molar-refractivity contribution in [3.8, 4) is 0 Å². The summed E-state index contributed by atoms with van der Waals surface area (Å²) in [4.78, 5) is 8.65. The Labute approximate surface area is 195 Å². The molecule has 2 N–H and O–H groups in total. The number of halogens is 1. The van der Waals surface area contributed by atoms with Crippen LogP contribution in [0.2, 0.25) is 0 Å². The number of nitrogens with one attached hydrogen (secondary N) is 2. The van der Waals surface area contributed by atoms with E-state index in [1.54, 1.807) is 0 Å². The van der Waals surface area contributed by atoms with Gasteiger partial charge in [0.25, 0.3) is 0 Å². The molecule has 0 spiro atoms. The van der Waals surface area contributed by atoms with Crippen LogP contribution in [0.15, 0.2) is 33.1 Å². The molecule has 0 bridgehead atoms. The molecular weight excluding hydrogens is 497 g/mol. The van der Waals surface area contributed by atoms with Gasteiger partial charge in [-0.05, 0) is 56.6 Å². The summed E-state index contributed by atoms with van der Waals surface area (Å²) >= 11 is 1.86. The van der Waals surface area contributed by atoms with E-state index in [1.165, 1.54) is 17.7 Å². The molecule has 1 aliphatic heterocycles. The highest BCUT2D eigenvalue weighted by atomic mass is 127. The van der Waals surface area contributed by atoms with Crippen molar-refractivity contribution in [3.05, 3.63) is 39.9 Å². The number of hydrogen-bond donors (Lipinski definition) is 2. The second-order valence-electron chi connectivity index (χ2n) is 7.79. The third kappa shape index (κ3) is 6.68. The zero-order valence-electron chi connectivity index (χ0n) is 17.9. The molecule has 0 aliphatic carbocycles. The largest absolute Gasteiger partial charge is 0.359 e. The first-order chi connectivity index (χ1) is 13.6. The molecule has 1 saturated heterocycles. The number of aromatic nitrogens is 1. The number of hydrogen-bond acceptors (Lipinski definition) is 5. The maximum Gasteiger partial charge on any atom is 0.191 e. The summed E-state index contributed by atoms with van der Waals surface area (Å²) in [7, 11) is 2.24. The fourth-order valence-corrected chi connectivity index (χ4v) is 4.77. The van der Waals surface area contributed by atoms with Crippen LogP contribution in [0.25, 0.3) is 0 Å². The van der Waals surface area contributed by atoms with Crippen molar-refractivity contribution >= 4 is 41.3 Å². The quantitative estimate of drug-likeness (QED) is 0.310. The lowest BCUT2D eigenvalue weighted by molar-refractivity contribution is 0.125. The molecule has 1 fully saturated rings. The van der Waals surface area contributed by atoms with Gasteiger partial charge < -0.3 is 15.2 Å². The maximum atomic E-state index is 5.41. The SMILES string of the molecule is CCNC(=NCc1cc(C(C)C)no1)NCC1CCCN(C)C1c1cccs1.I. The van der Waals surface area contributed by atoms with Crippen molar-refractivity contribution in [1.29, 1.82) is 0 Å². The number of guanidine groups is 1. The van der Waals surface area contributed by atoms with Crippen LogP contribution < -0.4 is 10.6 Å². The Morgan fingerprint density at radius 2 is 2.24 bits per heavy atom. The number of nitrogens with zero attached hydrogens (tertiary/aromatic N) is 3. The van der Waals surface area contributed by atoms with Crippen molar-refractivity contribution in [2.24, 2.45) is 10.9 Å². The fraction of sp³-hybridized carbons (Fsp3) is 0.619. The third-order valence-corrected chi connectivity index (χ3v) is 6.22. The Balaban J connectivity index is 0.00000300. The van der Waals surface area contributed by atoms with E-state index in [4.69, 9.17) is 9.52 Å². The molecule has 2 atom stereocenters. The first-order valence-electron chi connectivity index (χ1n) is 10.3. The number of likely N-dealkylation sites (tertiary alicyclic amines) is 1. The topological polar surface area (TPSA) is 65.7 Å². The standard InChI is InChI=1S/C21H33N5OS.HI/c1-5-22-21(24-14-17-12-18(15(2)3)25-27-17)23-13-16-8-6-10-26(4)20(16)19-9-7-11-28-19;/h7,9,11-12,15-16,20H,5-6,8,10,13-14H2,1-4H3,(H2,22,23,24);1H. The van der Waals surface area contributed by atoms with Gasteiger partial charge in [-0.25, -0.2) is 4.99 Å². The summed E-state index contributed by atoms with van der Waals surface area (Å²) in [5, 5.41) is 13.2. The molecule has 0 radical (unpaired) electrons. The summed E-state index contributed by atoms with van der Waals surface area (Å²) in [6.07, 6.45) is 2.48. The first kappa shape index (κ1) is 24.1. The first-order valence-corrected chi connectivity index (χ1v) is 11.2. The minimum Gasteiger partial charge on any atom is -0.359 e. The molecule has 0 amide bonds. The molecule has 2 aromatic heterocycles. The van der Waals surface area contributed by atoms with Crippen molar-refractivity contribution in [1.82, 2.24) is 20.7 Å². The van der Waals surface area contributed by atoms with Crippen LogP contribution in [0.4, 0.5) is 0 Å². The van der Waals surface area contributed by atoms with Crippen LogP contribution in [-0.2, 0) is 6.54 Å². The second-order valence-corrected chi connectivity index (χ2v) is 8.77. The summed E-state index contributed by atoms with van der Waals surface area (Å²) in [5.74, 6) is 2.57. The van der Waals surface area contributed by atoms with Crippen molar-refractivity contribution in [2.75, 3.05) is 26.7 Å². The van der Waals surface area contributed by atoms with Gasteiger partial charge in [0.2, 0.25) is 0 Å². The van der Waals surface area contributed by atoms with E-state index in [0.717, 1.165) is 37.0 Å². The fourth-order valence-electron chi connectivity index (χ4n) is 3.78. The highest BCUT2D eigenvalue weighted by Gasteiger charge is 2.31. The Hall–Kier alpha value is -1.13. The minimum atomic E-state index is 0. The monoisotopic (exact) mass is 531 g/mol. The average molecular weight is 532 g/mol. The van der Waals surface area contributed by atoms with Gasteiger partial charge in [-0.3, -0.25) is 4.90 Å². The maximum absolute atomic E-state index is 5.41. The molecule has 0 aromatic carbocycles. The molecule has 1 aliphatic rings. The van der Waals surface area contributed by atoms with Crippen LogP contribution in [0.1, 0.15) is 61.9 Å². The van der Waals surface area contributed by atoms with Gasteiger partial charge in [0, 0.05) is 30.1 Å². The van der Waals surface area contributed by atoms with Crippen molar-refractivity contribution < 1.29 is 4.52 Å². The number of aliphatic imine (C=N–C) groups is 1. The molecule has 2 aromatic rings. The van der Waals surface area contributed by atoms with E-state index < -0.39 is 0 Å². The Kier molecular flexibility index (Phi) is 9.91. The van der Waals surface area contributed by atoms with Gasteiger partial charge in [0.1, 0.15) is 6.54 Å². The third-order valence-electron chi connectivity index (χ3n) is 5.28. The average Bonchev–Trinajstić information content (AvgIpc) is 3.36. The van der Waals surface area contributed by atoms with Gasteiger partial charge in [-0.15, -0.1) is 35.3 Å². The predicted octanol–water partition coefficient (Wildman–Crippen LogP) is 4.62. The molecule has 8 heteroatoms. The Bertz CT molecular complexity index is 746. The molecule has 2 unspecified atom stereocenters. The van der Waals surface area contributed by atoms with Gasteiger partial charge in [-0.2, -0.15) is 0 Å². The summed E-state index contributed by atoms with van der Waals surface area (Å²) < 4.78 is 5.41. The van der Waals surface area contributed by atoms with E-state index in [9.17, 15) is 0 Å². The smallest absolute Gasteiger partial charge is 0.191 e. The van der Waals surface area contributed by atoms with E-state index in [2.05, 4.69) is 66.0 Å². The van der Waals surface area contributed by atoms with Gasteiger partial charge in [0.05, 0.1) is 5.69 Å². The van der Waals surface area contributed by atoms with Crippen molar-refractivity contribution in [2.45, 2.75) is 52.1 Å². The Morgan fingerprint density at radius 1 is 1.41 bits per heavy atom. The highest BCUT2D eigenvalue weighted by Crippen LogP contribution is 2.36. The molecule has 6 nitrogen and oxygen atoms in total. The molecule has 3 rings (SSSR count). The van der Waals surface area contributed by atoms with Crippen LogP contribution in [0.3, 0.4) is 0 Å². The van der Waals surface area contributed by atoms with Crippen molar-refractivity contribution in [3.63, 3.8) is 0 Å². The van der Waals surface area contributed by atoms with Crippen LogP contribution in [0.5, 0.6) is 0 Å². The minimum absolute atomic E-state index is 0. The van der Waals surface area contributed by atoms with E-state index in [-0.39, 0.29) is 24.0 Å². The lowest BCUT2D eigenvalue weighted by Gasteiger charge is -2.39. The summed E-state index contributed by atoms with van der Waals surface area (Å²) in [6, 6.07) is 6.90. The summed E-state index contributed by atoms with van der Waals surface area (Å²) in [5.41, 5.74) is 0.979. The molecule has 29 heavy (non-hydrogen) atoms. The van der Waals surface area contributed by atoms with Gasteiger partial charge in [-0.1, -0.05) is 25.1 Å². The number of rotatable bonds is 7. The van der Waals surface area contributed by atoms with Crippen LogP contribution in [0, 0.1) is 5.92 Å². The van der Waals surface area contributed by atoms with E-state index in [1.807, 2.05) is 17.4 Å². The predicted molar refractivity (Wildman–Crippen MR) is 131 cm³/mol. The normalized spacial score (nSPS) is 20.5. The Morgan fingerprint density at radius 3 is 2.90 bits per heavy atom. The van der Waals surface area contributed by atoms with Crippen LogP contribution >= 0.6 is 35.3 Å². The molecule has 0 saturated carbocycles. The number of piperidine rings is 1. The zero-order valence-corrected chi connectivity index (χ0v) is 21.0. The van der Waals surface area contributed by atoms with Gasteiger partial charge in [0.15, 0.2) is 11.7 Å². The number of thiophene rings is 1. The van der Waals surface area contributed by atoms with E-state index >= 15 is 0 Å². The van der Waals surface area contributed by atoms with E-state index in [0.29, 0.717) is 24.4 Å². The summed E-state index contributed by atoms with van der Waals surface area (Å²) in [6.45, 7) is 9.71. The lowest BCUT2D eigenvalue weighted by atomic mass is 9.88. The molecule has 162 valence electrons. The molecule has 3 heterocycles. The lowest BCUT2D eigenvalue weighted by Crippen LogP contribution is -2.44. The van der Waals surface area contributed by atoms with Crippen LogP contribution in [-0.4, -0.2) is 42.7 Å². The zero-order chi connectivity index (χ0) is 19.9. The van der Waals surface area contributed by atoms with Gasteiger partial charge >= 0.3 is 0 Å². The highest BCUT2D eigenvalue weighted by molar-refractivity contribution is 14.0.